The van der Waals surface area contributed by atoms with Crippen LogP contribution in [-0.4, -0.2) is 20.1 Å². The van der Waals surface area contributed by atoms with Crippen LogP contribution in [0.2, 0.25) is 0 Å². The predicted octanol–water partition coefficient (Wildman–Crippen LogP) is 1.60. The standard InChI is InChI=1S/C11H13NO2/c1-14-10-4-5-11-9(7-10)3-2-6-12(11)8-13/h4-5,7-8H,2-3,6H2,1H3. The molecule has 0 radical (unpaired) electrons. The Labute approximate surface area is 83.3 Å². The van der Waals surface area contributed by atoms with E-state index >= 15 is 0 Å². The first kappa shape index (κ1) is 9.06. The number of hydrogen-bond acceptors (Lipinski definition) is 2. The quantitative estimate of drug-likeness (QED) is 0.664. The maximum atomic E-state index is 10.8. The Morgan fingerprint density at radius 2 is 2.36 bits per heavy atom. The smallest absolute Gasteiger partial charge is 0.214 e. The number of rotatable bonds is 2. The van der Waals surface area contributed by atoms with Crippen LogP contribution in [-0.2, 0) is 11.2 Å². The highest BCUT2D eigenvalue weighted by Gasteiger charge is 2.16. The summed E-state index contributed by atoms with van der Waals surface area (Å²) in [5.41, 5.74) is 2.22. The average molecular weight is 191 g/mol. The summed E-state index contributed by atoms with van der Waals surface area (Å²) in [5.74, 6) is 0.858. The average Bonchev–Trinajstić information content (AvgIpc) is 2.27. The second-order valence-corrected chi connectivity index (χ2v) is 3.40. The third-order valence-electron chi connectivity index (χ3n) is 2.57. The van der Waals surface area contributed by atoms with Gasteiger partial charge >= 0.3 is 0 Å². The lowest BCUT2D eigenvalue weighted by Crippen LogP contribution is -2.27. The largest absolute Gasteiger partial charge is 0.497 e. The third-order valence-corrected chi connectivity index (χ3v) is 2.57. The maximum absolute atomic E-state index is 10.8. The Hall–Kier alpha value is -1.51. The molecule has 1 amide bonds. The van der Waals surface area contributed by atoms with E-state index in [1.54, 1.807) is 12.0 Å². The summed E-state index contributed by atoms with van der Waals surface area (Å²) in [5, 5.41) is 0. The molecule has 0 atom stereocenters. The molecule has 1 aliphatic rings. The lowest BCUT2D eigenvalue weighted by molar-refractivity contribution is -0.107. The number of hydrogen-bond donors (Lipinski definition) is 0. The Balaban J connectivity index is 2.40. The molecule has 1 aliphatic heterocycles. The van der Waals surface area contributed by atoms with Crippen LogP contribution in [0.1, 0.15) is 12.0 Å². The van der Waals surface area contributed by atoms with Crippen molar-refractivity contribution in [1.82, 2.24) is 0 Å². The summed E-state index contributed by atoms with van der Waals surface area (Å²) in [6.07, 6.45) is 2.94. The summed E-state index contributed by atoms with van der Waals surface area (Å²) in [6.45, 7) is 0.822. The van der Waals surface area contributed by atoms with Crippen LogP contribution in [0.15, 0.2) is 18.2 Å². The van der Waals surface area contributed by atoms with Crippen molar-refractivity contribution >= 4 is 12.1 Å². The van der Waals surface area contributed by atoms with E-state index in [9.17, 15) is 4.79 Å². The second-order valence-electron chi connectivity index (χ2n) is 3.40. The molecule has 0 aromatic heterocycles. The molecular formula is C11H13NO2. The first-order valence-corrected chi connectivity index (χ1v) is 4.74. The first-order valence-electron chi connectivity index (χ1n) is 4.74. The van der Waals surface area contributed by atoms with Crippen LogP contribution in [0.3, 0.4) is 0 Å². The van der Waals surface area contributed by atoms with E-state index in [-0.39, 0.29) is 0 Å². The van der Waals surface area contributed by atoms with Crippen LogP contribution < -0.4 is 9.64 Å². The van der Waals surface area contributed by atoms with Crippen LogP contribution in [0, 0.1) is 0 Å². The van der Waals surface area contributed by atoms with Gasteiger partial charge in [0.1, 0.15) is 5.75 Å². The number of anilines is 1. The van der Waals surface area contributed by atoms with Gasteiger partial charge in [0, 0.05) is 12.2 Å². The Kier molecular flexibility index (Phi) is 2.39. The number of carbonyl (C=O) groups excluding carboxylic acids is 1. The van der Waals surface area contributed by atoms with Crippen LogP contribution in [0.5, 0.6) is 5.75 Å². The van der Waals surface area contributed by atoms with Crippen molar-refractivity contribution in [1.29, 1.82) is 0 Å². The molecule has 1 heterocycles. The van der Waals surface area contributed by atoms with E-state index in [1.165, 1.54) is 5.56 Å². The summed E-state index contributed by atoms with van der Waals surface area (Å²) in [6, 6.07) is 5.84. The Morgan fingerprint density at radius 1 is 1.50 bits per heavy atom. The first-order chi connectivity index (χ1) is 6.85. The van der Waals surface area contributed by atoms with Gasteiger partial charge in [-0.25, -0.2) is 0 Å². The van der Waals surface area contributed by atoms with E-state index < -0.39 is 0 Å². The predicted molar refractivity (Wildman–Crippen MR) is 54.7 cm³/mol. The molecule has 0 N–H and O–H groups in total. The van der Waals surface area contributed by atoms with Crippen molar-refractivity contribution in [3.63, 3.8) is 0 Å². The van der Waals surface area contributed by atoms with Gasteiger partial charge in [0.2, 0.25) is 6.41 Å². The normalized spacial score (nSPS) is 14.8. The molecular weight excluding hydrogens is 178 g/mol. The Morgan fingerprint density at radius 3 is 3.07 bits per heavy atom. The highest BCUT2D eigenvalue weighted by Crippen LogP contribution is 2.29. The number of aryl methyl sites for hydroxylation is 1. The minimum absolute atomic E-state index is 0.822. The van der Waals surface area contributed by atoms with E-state index in [1.807, 2.05) is 18.2 Å². The molecule has 0 saturated carbocycles. The molecule has 1 aromatic carbocycles. The van der Waals surface area contributed by atoms with Gasteiger partial charge in [0.05, 0.1) is 7.11 Å². The zero-order valence-corrected chi connectivity index (χ0v) is 8.19. The van der Waals surface area contributed by atoms with E-state index in [4.69, 9.17) is 4.74 Å². The van der Waals surface area contributed by atoms with Crippen molar-refractivity contribution in [2.75, 3.05) is 18.6 Å². The van der Waals surface area contributed by atoms with Gasteiger partial charge in [-0.15, -0.1) is 0 Å². The number of nitrogens with zero attached hydrogens (tertiary/aromatic N) is 1. The number of amides is 1. The summed E-state index contributed by atoms with van der Waals surface area (Å²) in [4.78, 5) is 12.5. The molecule has 0 aliphatic carbocycles. The molecule has 14 heavy (non-hydrogen) atoms. The highest BCUT2D eigenvalue weighted by atomic mass is 16.5. The van der Waals surface area contributed by atoms with Crippen molar-refractivity contribution in [2.45, 2.75) is 12.8 Å². The molecule has 2 rings (SSSR count). The van der Waals surface area contributed by atoms with Gasteiger partial charge < -0.3 is 9.64 Å². The second kappa shape index (κ2) is 3.70. The van der Waals surface area contributed by atoms with Crippen molar-refractivity contribution < 1.29 is 9.53 Å². The van der Waals surface area contributed by atoms with Gasteiger partial charge in [-0.05, 0) is 36.6 Å². The van der Waals surface area contributed by atoms with Crippen LogP contribution >= 0.6 is 0 Å². The summed E-state index contributed by atoms with van der Waals surface area (Å²) < 4.78 is 5.14. The maximum Gasteiger partial charge on any atom is 0.214 e. The van der Waals surface area contributed by atoms with Crippen molar-refractivity contribution in [3.8, 4) is 5.75 Å². The summed E-state index contributed by atoms with van der Waals surface area (Å²) in [7, 11) is 1.65. The molecule has 3 nitrogen and oxygen atoms in total. The van der Waals surface area contributed by atoms with E-state index in [0.717, 1.165) is 37.2 Å². The molecule has 1 aromatic rings. The minimum atomic E-state index is 0.822. The van der Waals surface area contributed by atoms with Gasteiger partial charge in [-0.2, -0.15) is 0 Å². The minimum Gasteiger partial charge on any atom is -0.497 e. The molecule has 0 spiro atoms. The zero-order valence-electron chi connectivity index (χ0n) is 8.19. The lowest BCUT2D eigenvalue weighted by atomic mass is 10.0. The van der Waals surface area contributed by atoms with Crippen molar-refractivity contribution in [3.05, 3.63) is 23.8 Å². The van der Waals surface area contributed by atoms with Gasteiger partial charge in [0.25, 0.3) is 0 Å². The number of carbonyl (C=O) groups is 1. The van der Waals surface area contributed by atoms with Crippen molar-refractivity contribution in [2.24, 2.45) is 0 Å². The zero-order chi connectivity index (χ0) is 9.97. The monoisotopic (exact) mass is 191 g/mol. The Bertz CT molecular complexity index is 349. The third kappa shape index (κ3) is 1.45. The number of ether oxygens (including phenoxy) is 1. The molecule has 0 fully saturated rings. The fraction of sp³-hybridized carbons (Fsp3) is 0.364. The number of methoxy groups -OCH3 is 1. The molecule has 0 bridgehead atoms. The molecule has 0 unspecified atom stereocenters. The van der Waals surface area contributed by atoms with Gasteiger partial charge in [0.15, 0.2) is 0 Å². The fourth-order valence-electron chi connectivity index (χ4n) is 1.84. The highest BCUT2D eigenvalue weighted by molar-refractivity contribution is 5.78. The van der Waals surface area contributed by atoms with E-state index in [0.29, 0.717) is 0 Å². The fourth-order valence-corrected chi connectivity index (χ4v) is 1.84. The SMILES string of the molecule is COc1ccc2c(c1)CCCN2C=O. The molecule has 74 valence electrons. The van der Waals surface area contributed by atoms with Crippen LogP contribution in [0.4, 0.5) is 5.69 Å². The van der Waals surface area contributed by atoms with Gasteiger partial charge in [-0.3, -0.25) is 4.79 Å². The van der Waals surface area contributed by atoms with E-state index in [2.05, 4.69) is 0 Å². The molecule has 3 heteroatoms. The van der Waals surface area contributed by atoms with Crippen LogP contribution in [0.25, 0.3) is 0 Å². The lowest BCUT2D eigenvalue weighted by Gasteiger charge is -2.26. The van der Waals surface area contributed by atoms with Gasteiger partial charge in [-0.1, -0.05) is 0 Å². The topological polar surface area (TPSA) is 29.5 Å². The molecule has 0 saturated heterocycles. The number of fused-ring (bicyclic) bond motifs is 1. The summed E-state index contributed by atoms with van der Waals surface area (Å²) >= 11 is 0. The number of benzene rings is 1.